The van der Waals surface area contributed by atoms with Gasteiger partial charge >= 0.3 is 5.97 Å². The summed E-state index contributed by atoms with van der Waals surface area (Å²) >= 11 is 0. The summed E-state index contributed by atoms with van der Waals surface area (Å²) in [5.74, 6) is -1.92. The first-order valence-electron chi connectivity index (χ1n) is 7.59. The van der Waals surface area contributed by atoms with Gasteiger partial charge in [0.1, 0.15) is 12.4 Å². The maximum Gasteiger partial charge on any atom is 0.321 e. The van der Waals surface area contributed by atoms with Crippen molar-refractivity contribution in [3.63, 3.8) is 0 Å². The van der Waals surface area contributed by atoms with E-state index in [-0.39, 0.29) is 18.0 Å². The van der Waals surface area contributed by atoms with Gasteiger partial charge in [-0.15, -0.1) is 13.2 Å². The summed E-state index contributed by atoms with van der Waals surface area (Å²) in [6, 6.07) is 4.20. The van der Waals surface area contributed by atoms with Crippen molar-refractivity contribution in [2.45, 2.75) is 4.90 Å². The number of halogens is 1. The molecule has 0 heterocycles. The first kappa shape index (κ1) is 21.5. The maximum absolute atomic E-state index is 12.9. The first-order valence-corrected chi connectivity index (χ1v) is 9.03. The number of benzene rings is 1. The number of hydrogen-bond acceptors (Lipinski definition) is 5. The predicted octanol–water partition coefficient (Wildman–Crippen LogP) is 1.19. The van der Waals surface area contributed by atoms with Crippen LogP contribution in [0, 0.1) is 5.82 Å². The lowest BCUT2D eigenvalue weighted by molar-refractivity contribution is -0.151. The number of hydrogen-bond donors (Lipinski definition) is 0. The van der Waals surface area contributed by atoms with Gasteiger partial charge in [-0.25, -0.2) is 12.8 Å². The molecule has 0 atom stereocenters. The van der Waals surface area contributed by atoms with Crippen LogP contribution in [-0.4, -0.2) is 62.8 Å². The van der Waals surface area contributed by atoms with Gasteiger partial charge in [-0.1, -0.05) is 12.2 Å². The molecule has 142 valence electrons. The predicted molar refractivity (Wildman–Crippen MR) is 94.1 cm³/mol. The summed E-state index contributed by atoms with van der Waals surface area (Å²) in [6.45, 7) is 6.48. The maximum atomic E-state index is 12.9. The fourth-order valence-corrected chi connectivity index (χ4v) is 3.04. The summed E-state index contributed by atoms with van der Waals surface area (Å²) in [5.41, 5.74) is 0. The number of carbonyl (C=O) groups is 2. The molecule has 1 aromatic carbocycles. The van der Waals surface area contributed by atoms with E-state index in [0.717, 1.165) is 28.6 Å². The summed E-state index contributed by atoms with van der Waals surface area (Å²) in [6.07, 6.45) is 3.04. The van der Waals surface area contributed by atoms with Crippen LogP contribution in [0.25, 0.3) is 0 Å². The average molecular weight is 384 g/mol. The SMILES string of the molecule is C=CCN(CC=C)C(=O)COC(=O)CN(C)S(=O)(=O)c1ccc(F)cc1. The quantitative estimate of drug-likeness (QED) is 0.447. The normalized spacial score (nSPS) is 11.0. The molecular formula is C17H21FN2O5S. The standard InChI is InChI=1S/C17H21FN2O5S/c1-4-10-20(11-5-2)16(21)13-25-17(22)12-19(3)26(23,24)15-8-6-14(18)7-9-15/h4-9H,1-2,10-13H2,3H3. The number of sulfonamides is 1. The summed E-state index contributed by atoms with van der Waals surface area (Å²) < 4.78 is 43.1. The van der Waals surface area contributed by atoms with E-state index in [1.165, 1.54) is 24.1 Å². The highest BCUT2D eigenvalue weighted by Crippen LogP contribution is 2.14. The third kappa shape index (κ3) is 6.08. The van der Waals surface area contributed by atoms with Gasteiger partial charge in [-0.05, 0) is 24.3 Å². The Morgan fingerprint density at radius 3 is 2.19 bits per heavy atom. The third-order valence-electron chi connectivity index (χ3n) is 3.28. The monoisotopic (exact) mass is 384 g/mol. The molecule has 9 heteroatoms. The molecule has 0 saturated heterocycles. The number of ether oxygens (including phenoxy) is 1. The second-order valence-corrected chi connectivity index (χ2v) is 7.30. The van der Waals surface area contributed by atoms with Crippen molar-refractivity contribution in [2.75, 3.05) is 33.3 Å². The lowest BCUT2D eigenvalue weighted by Crippen LogP contribution is -2.37. The highest BCUT2D eigenvalue weighted by molar-refractivity contribution is 7.89. The van der Waals surface area contributed by atoms with Gasteiger partial charge in [0.05, 0.1) is 4.90 Å². The van der Waals surface area contributed by atoms with Crippen LogP contribution in [0.1, 0.15) is 0 Å². The second-order valence-electron chi connectivity index (χ2n) is 5.25. The van der Waals surface area contributed by atoms with Crippen molar-refractivity contribution in [1.29, 1.82) is 0 Å². The van der Waals surface area contributed by atoms with E-state index >= 15 is 0 Å². The molecule has 0 bridgehead atoms. The van der Waals surface area contributed by atoms with E-state index in [1.807, 2.05) is 0 Å². The van der Waals surface area contributed by atoms with E-state index in [4.69, 9.17) is 4.74 Å². The van der Waals surface area contributed by atoms with Crippen molar-refractivity contribution < 1.29 is 27.1 Å². The number of amides is 1. The fourth-order valence-electron chi connectivity index (χ4n) is 1.92. The Balaban J connectivity index is 2.63. The summed E-state index contributed by atoms with van der Waals surface area (Å²) in [7, 11) is -2.79. The van der Waals surface area contributed by atoms with Crippen LogP contribution >= 0.6 is 0 Å². The largest absolute Gasteiger partial charge is 0.455 e. The van der Waals surface area contributed by atoms with Crippen molar-refractivity contribution in [3.8, 4) is 0 Å². The number of nitrogens with zero attached hydrogens (tertiary/aromatic N) is 2. The molecule has 26 heavy (non-hydrogen) atoms. The highest BCUT2D eigenvalue weighted by atomic mass is 32.2. The van der Waals surface area contributed by atoms with E-state index in [2.05, 4.69) is 13.2 Å². The molecule has 0 unspecified atom stereocenters. The average Bonchev–Trinajstić information content (AvgIpc) is 2.59. The van der Waals surface area contributed by atoms with Gasteiger partial charge in [0.15, 0.2) is 6.61 Å². The molecule has 0 aliphatic carbocycles. The van der Waals surface area contributed by atoms with Crippen molar-refractivity contribution >= 4 is 21.9 Å². The van der Waals surface area contributed by atoms with E-state index in [0.29, 0.717) is 0 Å². The third-order valence-corrected chi connectivity index (χ3v) is 5.10. The Morgan fingerprint density at radius 2 is 1.69 bits per heavy atom. The van der Waals surface area contributed by atoms with Crippen LogP contribution in [0.2, 0.25) is 0 Å². The summed E-state index contributed by atoms with van der Waals surface area (Å²) in [5, 5.41) is 0. The van der Waals surface area contributed by atoms with Crippen molar-refractivity contribution in [2.24, 2.45) is 0 Å². The van der Waals surface area contributed by atoms with Crippen LogP contribution in [-0.2, 0) is 24.3 Å². The fraction of sp³-hybridized carbons (Fsp3) is 0.294. The number of carbonyl (C=O) groups excluding carboxylic acids is 2. The molecule has 1 rings (SSSR count). The number of esters is 1. The minimum atomic E-state index is -3.98. The van der Waals surface area contributed by atoms with Gasteiger partial charge in [0.2, 0.25) is 10.0 Å². The lowest BCUT2D eigenvalue weighted by atomic mass is 10.4. The van der Waals surface area contributed by atoms with Gasteiger partial charge in [0, 0.05) is 20.1 Å². The zero-order valence-corrected chi connectivity index (χ0v) is 15.2. The molecule has 1 amide bonds. The Bertz CT molecular complexity index is 752. The smallest absolute Gasteiger partial charge is 0.321 e. The van der Waals surface area contributed by atoms with Crippen molar-refractivity contribution in [1.82, 2.24) is 9.21 Å². The molecule has 0 N–H and O–H groups in total. The number of rotatable bonds is 10. The molecule has 0 spiro atoms. The Morgan fingerprint density at radius 1 is 1.15 bits per heavy atom. The molecule has 1 aromatic rings. The molecule has 0 radical (unpaired) electrons. The first-order chi connectivity index (χ1) is 12.2. The van der Waals surface area contributed by atoms with Crippen LogP contribution in [0.15, 0.2) is 54.5 Å². The highest BCUT2D eigenvalue weighted by Gasteiger charge is 2.24. The van der Waals surface area contributed by atoms with Crippen LogP contribution in [0.3, 0.4) is 0 Å². The zero-order valence-electron chi connectivity index (χ0n) is 14.4. The van der Waals surface area contributed by atoms with Gasteiger partial charge in [-0.3, -0.25) is 9.59 Å². The van der Waals surface area contributed by atoms with Crippen LogP contribution in [0.5, 0.6) is 0 Å². The Kier molecular flexibility index (Phi) is 8.14. The van der Waals surface area contributed by atoms with Crippen LogP contribution in [0.4, 0.5) is 4.39 Å². The molecule has 0 aromatic heterocycles. The Hall–Kier alpha value is -2.52. The van der Waals surface area contributed by atoms with E-state index in [9.17, 15) is 22.4 Å². The molecule has 0 aliphatic rings. The second kappa shape index (κ2) is 9.83. The zero-order chi connectivity index (χ0) is 19.7. The molecular weight excluding hydrogens is 363 g/mol. The molecule has 0 aliphatic heterocycles. The molecule has 7 nitrogen and oxygen atoms in total. The topological polar surface area (TPSA) is 84.0 Å². The van der Waals surface area contributed by atoms with E-state index < -0.39 is 40.9 Å². The van der Waals surface area contributed by atoms with Gasteiger partial charge < -0.3 is 9.64 Å². The van der Waals surface area contributed by atoms with Crippen LogP contribution < -0.4 is 0 Å². The number of likely N-dealkylation sites (N-methyl/N-ethyl adjacent to an activating group) is 1. The van der Waals surface area contributed by atoms with Crippen molar-refractivity contribution in [3.05, 3.63) is 55.4 Å². The molecule has 0 fully saturated rings. The van der Waals surface area contributed by atoms with Gasteiger partial charge in [-0.2, -0.15) is 4.31 Å². The van der Waals surface area contributed by atoms with E-state index in [1.54, 1.807) is 0 Å². The minimum absolute atomic E-state index is 0.159. The summed E-state index contributed by atoms with van der Waals surface area (Å²) in [4.78, 5) is 25.0. The minimum Gasteiger partial charge on any atom is -0.455 e. The lowest BCUT2D eigenvalue weighted by Gasteiger charge is -2.20. The molecule has 0 saturated carbocycles. The Labute approximate surface area is 152 Å². The van der Waals surface area contributed by atoms with Gasteiger partial charge in [0.25, 0.3) is 5.91 Å².